The van der Waals surface area contributed by atoms with Gasteiger partial charge in [-0.25, -0.2) is 9.79 Å². The lowest BCUT2D eigenvalue weighted by Crippen LogP contribution is -2.05. The monoisotopic (exact) mass is 553 g/mol. The van der Waals surface area contributed by atoms with E-state index in [9.17, 15) is 4.79 Å². The number of benzene rings is 3. The maximum atomic E-state index is 12.4. The summed E-state index contributed by atoms with van der Waals surface area (Å²) in [5.41, 5.74) is 4.10. The summed E-state index contributed by atoms with van der Waals surface area (Å²) >= 11 is 2.29. The lowest BCUT2D eigenvalue weighted by molar-refractivity contribution is -0.129. The minimum absolute atomic E-state index is 0.243. The molecule has 3 aromatic rings. The zero-order valence-corrected chi connectivity index (χ0v) is 20.8. The summed E-state index contributed by atoms with van der Waals surface area (Å²) in [5, 5.41) is 0. The van der Waals surface area contributed by atoms with Crippen LogP contribution in [0.2, 0.25) is 0 Å². The van der Waals surface area contributed by atoms with Crippen LogP contribution in [0.3, 0.4) is 0 Å². The van der Waals surface area contributed by atoms with Crippen LogP contribution in [0.4, 0.5) is 0 Å². The van der Waals surface area contributed by atoms with Crippen molar-refractivity contribution in [1.29, 1.82) is 0 Å². The summed E-state index contributed by atoms with van der Waals surface area (Å²) in [6.07, 6.45) is 1.68. The molecule has 0 fully saturated rings. The molecule has 4 rings (SSSR count). The number of carbonyl (C=O) groups is 1. The van der Waals surface area contributed by atoms with Crippen molar-refractivity contribution in [2.45, 2.75) is 26.4 Å². The lowest BCUT2D eigenvalue weighted by atomic mass is 10.0. The Morgan fingerprint density at radius 1 is 1.03 bits per heavy atom. The largest absolute Gasteiger partial charge is 0.493 e. The molecule has 0 amide bonds. The highest BCUT2D eigenvalue weighted by Crippen LogP contribution is 2.31. The molecular weight excluding hydrogens is 529 g/mol. The molecule has 5 nitrogen and oxygen atoms in total. The van der Waals surface area contributed by atoms with Gasteiger partial charge in [-0.15, -0.1) is 0 Å². The summed E-state index contributed by atoms with van der Waals surface area (Å²) in [6.45, 7) is 4.71. The van der Waals surface area contributed by atoms with Crippen molar-refractivity contribution in [3.8, 4) is 11.5 Å². The lowest BCUT2D eigenvalue weighted by Gasteiger charge is -2.12. The van der Waals surface area contributed by atoms with Gasteiger partial charge in [0.05, 0.1) is 7.11 Å². The molecule has 3 aromatic carbocycles. The molecule has 33 heavy (non-hydrogen) atoms. The Morgan fingerprint density at radius 2 is 1.79 bits per heavy atom. The highest BCUT2D eigenvalue weighted by Gasteiger charge is 2.24. The Bertz CT molecular complexity index is 1230. The first-order valence-electron chi connectivity index (χ1n) is 10.6. The SMILES string of the molecule is COc1cc(/C=C2\N=C(c3ccc(C(C)C)cc3)OC2=O)ccc1OCc1ccccc1I. The Labute approximate surface area is 207 Å². The molecule has 0 aliphatic carbocycles. The number of hydrogen-bond donors (Lipinski definition) is 0. The predicted molar refractivity (Wildman–Crippen MR) is 138 cm³/mol. The molecule has 0 unspecified atom stereocenters. The van der Waals surface area contributed by atoms with Gasteiger partial charge in [0.1, 0.15) is 6.61 Å². The Morgan fingerprint density at radius 3 is 2.48 bits per heavy atom. The standard InChI is InChI=1S/C27H24INO4/c1-17(2)19-9-11-20(12-10-19)26-29-23(27(30)33-26)14-18-8-13-24(25(15-18)31-3)32-16-21-6-4-5-7-22(21)28/h4-15,17H,16H2,1-3H3/b23-14-. The van der Waals surface area contributed by atoms with Gasteiger partial charge in [0.2, 0.25) is 5.90 Å². The van der Waals surface area contributed by atoms with Crippen LogP contribution in [0.1, 0.15) is 42.0 Å². The number of carbonyl (C=O) groups excluding carboxylic acids is 1. The van der Waals surface area contributed by atoms with Gasteiger partial charge in [0, 0.05) is 14.7 Å². The van der Waals surface area contributed by atoms with Crippen LogP contribution in [0.15, 0.2) is 77.4 Å². The maximum Gasteiger partial charge on any atom is 0.363 e. The summed E-state index contributed by atoms with van der Waals surface area (Å²) in [6, 6.07) is 21.5. The van der Waals surface area contributed by atoms with Crippen LogP contribution in [0.5, 0.6) is 11.5 Å². The average molecular weight is 553 g/mol. The molecule has 1 aliphatic rings. The van der Waals surface area contributed by atoms with Gasteiger partial charge in [0.15, 0.2) is 17.2 Å². The summed E-state index contributed by atoms with van der Waals surface area (Å²) < 4.78 is 18.0. The number of methoxy groups -OCH3 is 1. The fraction of sp³-hybridized carbons (Fsp3) is 0.185. The van der Waals surface area contributed by atoms with E-state index in [0.717, 1.165) is 20.3 Å². The normalized spacial score (nSPS) is 14.4. The number of nitrogens with zero attached hydrogens (tertiary/aromatic N) is 1. The van der Waals surface area contributed by atoms with Crippen LogP contribution in [0.25, 0.3) is 6.08 Å². The molecule has 0 spiro atoms. The highest BCUT2D eigenvalue weighted by molar-refractivity contribution is 14.1. The minimum Gasteiger partial charge on any atom is -0.493 e. The fourth-order valence-corrected chi connectivity index (χ4v) is 3.91. The number of cyclic esters (lactones) is 1. The first kappa shape index (κ1) is 23.0. The number of halogens is 1. The second-order valence-corrected chi connectivity index (χ2v) is 9.07. The van der Waals surface area contributed by atoms with E-state index >= 15 is 0 Å². The van der Waals surface area contributed by atoms with E-state index < -0.39 is 5.97 Å². The van der Waals surface area contributed by atoms with Crippen LogP contribution < -0.4 is 9.47 Å². The minimum atomic E-state index is -0.476. The van der Waals surface area contributed by atoms with Gasteiger partial charge in [-0.3, -0.25) is 0 Å². The molecule has 0 aromatic heterocycles. The summed E-state index contributed by atoms with van der Waals surface area (Å²) in [7, 11) is 1.59. The van der Waals surface area contributed by atoms with Crippen molar-refractivity contribution in [3.05, 3.63) is 98.3 Å². The van der Waals surface area contributed by atoms with Crippen LogP contribution in [-0.2, 0) is 16.1 Å². The van der Waals surface area contributed by atoms with E-state index in [1.807, 2.05) is 66.7 Å². The van der Waals surface area contributed by atoms with E-state index in [2.05, 4.69) is 41.4 Å². The second-order valence-electron chi connectivity index (χ2n) is 7.90. The van der Waals surface area contributed by atoms with Gasteiger partial charge in [-0.1, -0.05) is 50.2 Å². The molecule has 0 radical (unpaired) electrons. The van der Waals surface area contributed by atoms with Gasteiger partial charge < -0.3 is 14.2 Å². The number of rotatable bonds is 7. The fourth-order valence-electron chi connectivity index (χ4n) is 3.37. The molecule has 0 N–H and O–H groups in total. The van der Waals surface area contributed by atoms with Crippen LogP contribution in [0, 0.1) is 3.57 Å². The number of aliphatic imine (C=N–C) groups is 1. The van der Waals surface area contributed by atoms with E-state index in [4.69, 9.17) is 14.2 Å². The molecule has 0 saturated heterocycles. The first-order chi connectivity index (χ1) is 15.9. The van der Waals surface area contributed by atoms with Gasteiger partial charge in [-0.05, 0) is 76.0 Å². The quantitative estimate of drug-likeness (QED) is 0.195. The topological polar surface area (TPSA) is 57.1 Å². The Kier molecular flexibility index (Phi) is 7.13. The van der Waals surface area contributed by atoms with Crippen LogP contribution in [-0.4, -0.2) is 19.0 Å². The van der Waals surface area contributed by atoms with E-state index in [1.165, 1.54) is 5.56 Å². The van der Waals surface area contributed by atoms with Crippen molar-refractivity contribution in [1.82, 2.24) is 0 Å². The average Bonchev–Trinajstić information content (AvgIpc) is 3.19. The van der Waals surface area contributed by atoms with E-state index in [0.29, 0.717) is 29.9 Å². The number of esters is 1. The summed E-state index contributed by atoms with van der Waals surface area (Å²) in [4.78, 5) is 16.8. The summed E-state index contributed by atoms with van der Waals surface area (Å²) in [5.74, 6) is 1.47. The molecular formula is C27H24INO4. The number of hydrogen-bond acceptors (Lipinski definition) is 5. The zero-order valence-electron chi connectivity index (χ0n) is 18.7. The Balaban J connectivity index is 1.53. The van der Waals surface area contributed by atoms with Gasteiger partial charge in [0.25, 0.3) is 0 Å². The maximum absolute atomic E-state index is 12.4. The molecule has 0 bridgehead atoms. The third kappa shape index (κ3) is 5.45. The van der Waals surface area contributed by atoms with Crippen molar-refractivity contribution in [2.75, 3.05) is 7.11 Å². The van der Waals surface area contributed by atoms with E-state index in [1.54, 1.807) is 13.2 Å². The highest BCUT2D eigenvalue weighted by atomic mass is 127. The molecule has 0 saturated carbocycles. The second kappa shape index (κ2) is 10.2. The third-order valence-electron chi connectivity index (χ3n) is 5.28. The van der Waals surface area contributed by atoms with Crippen molar-refractivity contribution in [2.24, 2.45) is 4.99 Å². The predicted octanol–water partition coefficient (Wildman–Crippen LogP) is 6.35. The number of ether oxygens (including phenoxy) is 3. The van der Waals surface area contributed by atoms with Crippen molar-refractivity contribution >= 4 is 40.5 Å². The zero-order chi connectivity index (χ0) is 23.4. The third-order valence-corrected chi connectivity index (χ3v) is 6.33. The van der Waals surface area contributed by atoms with E-state index in [-0.39, 0.29) is 5.70 Å². The smallest absolute Gasteiger partial charge is 0.363 e. The molecule has 1 heterocycles. The molecule has 6 heteroatoms. The molecule has 0 atom stereocenters. The van der Waals surface area contributed by atoms with Gasteiger partial charge in [-0.2, -0.15) is 0 Å². The molecule has 1 aliphatic heterocycles. The van der Waals surface area contributed by atoms with Crippen molar-refractivity contribution < 1.29 is 19.0 Å². The van der Waals surface area contributed by atoms with Crippen LogP contribution >= 0.6 is 22.6 Å². The Hall–Kier alpha value is -3.13. The van der Waals surface area contributed by atoms with Crippen molar-refractivity contribution in [3.63, 3.8) is 0 Å². The molecule has 168 valence electrons. The van der Waals surface area contributed by atoms with Gasteiger partial charge >= 0.3 is 5.97 Å². The first-order valence-corrected chi connectivity index (χ1v) is 11.7.